The summed E-state index contributed by atoms with van der Waals surface area (Å²) in [5.41, 5.74) is 2.70. The average molecular weight is 623 g/mol. The number of para-hydroxylation sites is 1. The van der Waals surface area contributed by atoms with Crippen LogP contribution in [0.15, 0.2) is 47.6 Å². The molecule has 0 spiro atoms. The molecule has 14 heteroatoms. The van der Waals surface area contributed by atoms with Gasteiger partial charge in [0.05, 0.1) is 44.8 Å². The number of benzene rings is 2. The van der Waals surface area contributed by atoms with Crippen molar-refractivity contribution in [3.63, 3.8) is 0 Å². The lowest BCUT2D eigenvalue weighted by Gasteiger charge is -2.37. The summed E-state index contributed by atoms with van der Waals surface area (Å²) in [6.07, 6.45) is 4.58. The Kier molecular flexibility index (Phi) is 8.35. The molecule has 0 atom stereocenters. The number of thioether (sulfide) groups is 1. The van der Waals surface area contributed by atoms with E-state index in [9.17, 15) is 13.2 Å². The average Bonchev–Trinajstić information content (AvgIpc) is 2.89. The number of hydrogen-bond acceptors (Lipinski definition) is 9. The van der Waals surface area contributed by atoms with Gasteiger partial charge >= 0.3 is 0 Å². The van der Waals surface area contributed by atoms with E-state index >= 15 is 0 Å². The van der Waals surface area contributed by atoms with E-state index in [4.69, 9.17) is 23.2 Å². The highest BCUT2D eigenvalue weighted by molar-refractivity contribution is 7.99. The Morgan fingerprint density at radius 3 is 2.45 bits per heavy atom. The van der Waals surface area contributed by atoms with Gasteiger partial charge in [-0.05, 0) is 57.3 Å². The number of amides is 1. The van der Waals surface area contributed by atoms with Gasteiger partial charge in [0.2, 0.25) is 16.0 Å². The molecule has 10 nitrogen and oxygen atoms in total. The first-order chi connectivity index (χ1) is 19.0. The molecule has 2 aromatic carbocycles. The van der Waals surface area contributed by atoms with Crippen LogP contribution in [0.2, 0.25) is 10.0 Å². The van der Waals surface area contributed by atoms with Crippen LogP contribution < -0.4 is 19.8 Å². The number of hydrogen-bond donors (Lipinski definition) is 2. The lowest BCUT2D eigenvalue weighted by molar-refractivity contribution is 0.0985. The molecule has 1 fully saturated rings. The molecule has 212 valence electrons. The smallest absolute Gasteiger partial charge is 0.263 e. The van der Waals surface area contributed by atoms with Crippen molar-refractivity contribution in [1.82, 2.24) is 14.9 Å². The Labute approximate surface area is 248 Å². The van der Waals surface area contributed by atoms with Crippen LogP contribution in [0.4, 0.5) is 28.7 Å². The first-order valence-corrected chi connectivity index (χ1v) is 16.2. The summed E-state index contributed by atoms with van der Waals surface area (Å²) in [7, 11) is 0.652. The van der Waals surface area contributed by atoms with Crippen LogP contribution in [0.3, 0.4) is 0 Å². The quantitative estimate of drug-likeness (QED) is 0.346. The van der Waals surface area contributed by atoms with Crippen LogP contribution in [-0.4, -0.2) is 74.6 Å². The van der Waals surface area contributed by atoms with Gasteiger partial charge in [-0.25, -0.2) is 18.4 Å². The van der Waals surface area contributed by atoms with E-state index in [2.05, 4.69) is 43.9 Å². The van der Waals surface area contributed by atoms with E-state index in [1.165, 1.54) is 22.9 Å². The van der Waals surface area contributed by atoms with Crippen molar-refractivity contribution < 1.29 is 13.2 Å². The fraction of sp³-hybridized carbons (Fsp3) is 0.346. The molecule has 5 rings (SSSR count). The summed E-state index contributed by atoms with van der Waals surface area (Å²) >= 11 is 14.0. The maximum absolute atomic E-state index is 13.2. The zero-order valence-electron chi connectivity index (χ0n) is 22.2. The zero-order valence-corrected chi connectivity index (χ0v) is 25.3. The molecule has 2 aliphatic heterocycles. The number of nitrogens with one attached hydrogen (secondary N) is 2. The second kappa shape index (κ2) is 11.6. The van der Waals surface area contributed by atoms with Crippen molar-refractivity contribution in [3.8, 4) is 0 Å². The number of aromatic nitrogens is 2. The zero-order chi connectivity index (χ0) is 28.6. The summed E-state index contributed by atoms with van der Waals surface area (Å²) in [5.74, 6) is 0.276. The number of piperidine rings is 1. The van der Waals surface area contributed by atoms with Crippen LogP contribution in [0.25, 0.3) is 0 Å². The van der Waals surface area contributed by atoms with E-state index in [0.29, 0.717) is 43.7 Å². The van der Waals surface area contributed by atoms with Gasteiger partial charge in [0.1, 0.15) is 5.03 Å². The van der Waals surface area contributed by atoms with Crippen molar-refractivity contribution in [2.45, 2.75) is 23.9 Å². The molecular formula is C26H29Cl2N7O3S2. The molecule has 2 N–H and O–H groups in total. The summed E-state index contributed by atoms with van der Waals surface area (Å²) in [5, 5.41) is 4.44. The molecular weight excluding hydrogens is 593 g/mol. The Morgan fingerprint density at radius 2 is 1.80 bits per heavy atom. The highest BCUT2D eigenvalue weighted by Gasteiger charge is 2.30. The van der Waals surface area contributed by atoms with E-state index in [-0.39, 0.29) is 17.7 Å². The summed E-state index contributed by atoms with van der Waals surface area (Å²) in [6.45, 7) is 1.65. The Bertz CT molecular complexity index is 1530. The Hall–Kier alpha value is -2.77. The molecule has 1 amide bonds. The lowest BCUT2D eigenvalue weighted by Crippen LogP contribution is -2.42. The monoisotopic (exact) mass is 621 g/mol. The maximum Gasteiger partial charge on any atom is 0.263 e. The molecule has 1 aromatic heterocycles. The van der Waals surface area contributed by atoms with Gasteiger partial charge in [-0.3, -0.25) is 14.4 Å². The predicted octanol–water partition coefficient (Wildman–Crippen LogP) is 5.14. The molecule has 3 heterocycles. The number of anilines is 5. The third-order valence-corrected chi connectivity index (χ3v) is 9.02. The van der Waals surface area contributed by atoms with Crippen LogP contribution in [0.5, 0.6) is 0 Å². The largest absolute Gasteiger partial charge is 0.370 e. The fourth-order valence-corrected chi connectivity index (χ4v) is 6.96. The normalized spacial score (nSPS) is 16.3. The topological polar surface area (TPSA) is 111 Å². The molecule has 1 saturated heterocycles. The van der Waals surface area contributed by atoms with Crippen LogP contribution in [0, 0.1) is 0 Å². The van der Waals surface area contributed by atoms with Crippen molar-refractivity contribution in [3.05, 3.63) is 58.2 Å². The van der Waals surface area contributed by atoms with E-state index < -0.39 is 10.0 Å². The number of rotatable bonds is 7. The van der Waals surface area contributed by atoms with Gasteiger partial charge in [0.25, 0.3) is 5.91 Å². The molecule has 0 bridgehead atoms. The van der Waals surface area contributed by atoms with Gasteiger partial charge in [0.15, 0.2) is 0 Å². The Balaban J connectivity index is 1.37. The van der Waals surface area contributed by atoms with E-state index in [1.807, 2.05) is 12.1 Å². The minimum atomic E-state index is -3.51. The molecule has 0 radical (unpaired) electrons. The van der Waals surface area contributed by atoms with Gasteiger partial charge in [-0.1, -0.05) is 41.0 Å². The highest BCUT2D eigenvalue weighted by atomic mass is 35.5. The number of nitrogens with zero attached hydrogens (tertiary/aromatic N) is 5. The first kappa shape index (κ1) is 28.7. The highest BCUT2D eigenvalue weighted by Crippen LogP contribution is 2.40. The molecule has 40 heavy (non-hydrogen) atoms. The number of carbonyl (C=O) groups is 1. The minimum Gasteiger partial charge on any atom is -0.370 e. The van der Waals surface area contributed by atoms with E-state index in [1.54, 1.807) is 24.3 Å². The van der Waals surface area contributed by atoms with Gasteiger partial charge in [0, 0.05) is 31.0 Å². The van der Waals surface area contributed by atoms with Gasteiger partial charge < -0.3 is 15.1 Å². The fourth-order valence-electron chi connectivity index (χ4n) is 4.85. The van der Waals surface area contributed by atoms with Crippen LogP contribution in [-0.2, 0) is 10.0 Å². The van der Waals surface area contributed by atoms with Crippen molar-refractivity contribution >= 4 is 79.6 Å². The standard InChI is InChI=1S/C26H29Cl2N7O3S2/c1-33(2)17-9-11-34(12-10-17)22-8-7-16(13-21(22)32-40(3,37)38)30-26-29-14-18-24(31-26)39-15-35(25(18)36)23-19(27)5-4-6-20(23)28/h4-8,13-14,17,32H,9-12,15H2,1-3H3,(H,29,30,31). The SMILES string of the molecule is CN(C)C1CCN(c2ccc(Nc3ncc4c(n3)SCN(c3c(Cl)cccc3Cl)C4=O)cc2NS(C)(=O)=O)CC1. The van der Waals surface area contributed by atoms with Crippen LogP contribution in [0.1, 0.15) is 23.2 Å². The van der Waals surface area contributed by atoms with Crippen molar-refractivity contribution in [2.24, 2.45) is 0 Å². The number of carbonyl (C=O) groups excluding carboxylic acids is 1. The lowest BCUT2D eigenvalue weighted by atomic mass is 10.0. The summed E-state index contributed by atoms with van der Waals surface area (Å²) in [6, 6.07) is 11.1. The molecule has 0 saturated carbocycles. The maximum atomic E-state index is 13.2. The summed E-state index contributed by atoms with van der Waals surface area (Å²) < 4.78 is 27.0. The Morgan fingerprint density at radius 1 is 1.10 bits per heavy atom. The molecule has 0 aliphatic carbocycles. The van der Waals surface area contributed by atoms with Gasteiger partial charge in [-0.15, -0.1) is 0 Å². The van der Waals surface area contributed by atoms with Crippen molar-refractivity contribution in [2.75, 3.05) is 59.2 Å². The second-order valence-electron chi connectivity index (χ2n) is 9.90. The number of fused-ring (bicyclic) bond motifs is 1. The third-order valence-electron chi connectivity index (χ3n) is 6.85. The van der Waals surface area contributed by atoms with Crippen molar-refractivity contribution in [1.29, 1.82) is 0 Å². The molecule has 0 unspecified atom stereocenters. The van der Waals surface area contributed by atoms with Crippen LogP contribution >= 0.6 is 35.0 Å². The first-order valence-electron chi connectivity index (χ1n) is 12.6. The molecule has 2 aliphatic rings. The number of sulfonamides is 1. The van der Waals surface area contributed by atoms with E-state index in [0.717, 1.165) is 37.9 Å². The predicted molar refractivity (Wildman–Crippen MR) is 163 cm³/mol. The third kappa shape index (κ3) is 6.26. The minimum absolute atomic E-state index is 0.285. The second-order valence-corrected chi connectivity index (χ2v) is 13.4. The van der Waals surface area contributed by atoms with Gasteiger partial charge in [-0.2, -0.15) is 0 Å². The molecule has 3 aromatic rings. The summed E-state index contributed by atoms with van der Waals surface area (Å²) in [4.78, 5) is 28.1. The number of halogens is 2.